The number of methoxy groups -OCH3 is 1. The van der Waals surface area contributed by atoms with Crippen molar-refractivity contribution < 1.29 is 23.1 Å². The Morgan fingerprint density at radius 2 is 1.94 bits per heavy atom. The number of nitriles is 1. The Bertz CT molecular complexity index is 1390. The molecule has 1 unspecified atom stereocenters. The smallest absolute Gasteiger partial charge is 0.277 e. The van der Waals surface area contributed by atoms with Crippen LogP contribution in [0.1, 0.15) is 57.7 Å². The third-order valence-corrected chi connectivity index (χ3v) is 6.69. The molecule has 184 valence electrons. The van der Waals surface area contributed by atoms with Crippen molar-refractivity contribution in [3.63, 3.8) is 0 Å². The van der Waals surface area contributed by atoms with Crippen LogP contribution in [0.15, 0.2) is 48.7 Å². The van der Waals surface area contributed by atoms with E-state index < -0.39 is 11.8 Å². The topological polar surface area (TPSA) is 100 Å². The van der Waals surface area contributed by atoms with Gasteiger partial charge in [0.2, 0.25) is 5.92 Å². The zero-order valence-electron chi connectivity index (χ0n) is 19.7. The van der Waals surface area contributed by atoms with Crippen LogP contribution in [-0.2, 0) is 6.54 Å². The molecule has 0 saturated heterocycles. The first-order valence-electron chi connectivity index (χ1n) is 11.5. The van der Waals surface area contributed by atoms with E-state index in [1.807, 2.05) is 13.0 Å². The summed E-state index contributed by atoms with van der Waals surface area (Å²) < 4.78 is 33.2. The normalized spacial score (nSPS) is 18.7. The fourth-order valence-electron chi connectivity index (χ4n) is 4.81. The van der Waals surface area contributed by atoms with E-state index in [9.17, 15) is 23.6 Å². The van der Waals surface area contributed by atoms with Crippen molar-refractivity contribution >= 4 is 23.2 Å². The lowest BCUT2D eigenvalue weighted by molar-refractivity contribution is -0.0867. The number of amides is 2. The van der Waals surface area contributed by atoms with Gasteiger partial charge in [-0.15, -0.1) is 0 Å². The maximum Gasteiger partial charge on any atom is 0.277 e. The minimum Gasteiger partial charge on any atom is -0.495 e. The van der Waals surface area contributed by atoms with Crippen molar-refractivity contribution in [2.75, 3.05) is 17.3 Å². The highest BCUT2D eigenvalue weighted by molar-refractivity contribution is 6.15. The molecule has 5 rings (SSSR count). The van der Waals surface area contributed by atoms with Crippen LogP contribution in [0.5, 0.6) is 5.75 Å². The number of ether oxygens (including phenoxy) is 1. The number of hydrogen-bond acceptors (Lipinski definition) is 5. The second-order valence-electron chi connectivity index (χ2n) is 9.15. The van der Waals surface area contributed by atoms with E-state index in [0.717, 1.165) is 5.56 Å². The second kappa shape index (κ2) is 8.75. The second-order valence-corrected chi connectivity index (χ2v) is 9.15. The van der Waals surface area contributed by atoms with Crippen molar-refractivity contribution in [3.05, 3.63) is 71.0 Å². The summed E-state index contributed by atoms with van der Waals surface area (Å²) in [5, 5.41) is 16.3. The molecule has 1 aliphatic carbocycles. The van der Waals surface area contributed by atoms with Crippen LogP contribution in [0.2, 0.25) is 0 Å². The lowest BCUT2D eigenvalue weighted by atomic mass is 9.77. The molecule has 2 aliphatic rings. The average molecular weight is 491 g/mol. The molecule has 1 N–H and O–H groups in total. The quantitative estimate of drug-likeness (QED) is 0.563. The van der Waals surface area contributed by atoms with Crippen molar-refractivity contribution in [1.29, 1.82) is 5.26 Å². The lowest BCUT2D eigenvalue weighted by Gasteiger charge is -2.36. The molecule has 2 heterocycles. The van der Waals surface area contributed by atoms with E-state index in [0.29, 0.717) is 23.7 Å². The van der Waals surface area contributed by atoms with E-state index in [2.05, 4.69) is 10.4 Å². The Kier molecular flexibility index (Phi) is 5.71. The number of hydrogen-bond donors (Lipinski definition) is 1. The number of anilines is 2. The van der Waals surface area contributed by atoms with Gasteiger partial charge in [0.25, 0.3) is 11.8 Å². The molecule has 1 saturated carbocycles. The maximum absolute atomic E-state index is 13.5. The van der Waals surface area contributed by atoms with Crippen LogP contribution < -0.4 is 15.0 Å². The highest BCUT2D eigenvalue weighted by Gasteiger charge is 2.45. The van der Waals surface area contributed by atoms with Gasteiger partial charge in [-0.05, 0) is 48.7 Å². The highest BCUT2D eigenvalue weighted by Crippen LogP contribution is 2.48. The molecule has 2 amide bonds. The minimum atomic E-state index is -2.60. The van der Waals surface area contributed by atoms with Crippen LogP contribution in [-0.4, -0.2) is 40.7 Å². The summed E-state index contributed by atoms with van der Waals surface area (Å²) in [5.74, 6) is -3.31. The van der Waals surface area contributed by atoms with Gasteiger partial charge in [-0.25, -0.2) is 8.78 Å². The van der Waals surface area contributed by atoms with E-state index >= 15 is 0 Å². The summed E-state index contributed by atoms with van der Waals surface area (Å²) in [5.41, 5.74) is 2.35. The number of alkyl halides is 2. The van der Waals surface area contributed by atoms with Gasteiger partial charge in [0.1, 0.15) is 17.5 Å². The van der Waals surface area contributed by atoms with Gasteiger partial charge < -0.3 is 15.0 Å². The van der Waals surface area contributed by atoms with Gasteiger partial charge in [-0.3, -0.25) is 14.3 Å². The predicted molar refractivity (Wildman–Crippen MR) is 128 cm³/mol. The van der Waals surface area contributed by atoms with Gasteiger partial charge >= 0.3 is 0 Å². The number of carbonyl (C=O) groups is 2. The van der Waals surface area contributed by atoms with Crippen LogP contribution in [0.4, 0.5) is 20.2 Å². The van der Waals surface area contributed by atoms with E-state index in [1.165, 1.54) is 24.1 Å². The molecular weight excluding hydrogens is 468 g/mol. The van der Waals surface area contributed by atoms with Crippen molar-refractivity contribution in [3.8, 4) is 11.8 Å². The molecule has 1 fully saturated rings. The molecule has 8 nitrogen and oxygen atoms in total. The Hall–Kier alpha value is -4.26. The Labute approximate surface area is 206 Å². The third-order valence-electron chi connectivity index (χ3n) is 6.69. The van der Waals surface area contributed by atoms with Crippen molar-refractivity contribution in [1.82, 2.24) is 9.78 Å². The third kappa shape index (κ3) is 4.06. The molecule has 36 heavy (non-hydrogen) atoms. The number of nitrogens with zero attached hydrogens (tertiary/aromatic N) is 4. The summed E-state index contributed by atoms with van der Waals surface area (Å²) in [7, 11) is 1.45. The van der Waals surface area contributed by atoms with E-state index in [4.69, 9.17) is 4.74 Å². The summed E-state index contributed by atoms with van der Waals surface area (Å²) in [6.45, 7) is 2.26. The number of fused-ring (bicyclic) bond motifs is 1. The van der Waals surface area contributed by atoms with Crippen LogP contribution in [0.25, 0.3) is 0 Å². The fourth-order valence-corrected chi connectivity index (χ4v) is 4.81. The number of carbonyl (C=O) groups excluding carboxylic acids is 2. The number of nitrogens with one attached hydrogen (secondary N) is 1. The molecule has 0 spiro atoms. The molecule has 0 bridgehead atoms. The van der Waals surface area contributed by atoms with Gasteiger partial charge in [0.15, 0.2) is 0 Å². The highest BCUT2D eigenvalue weighted by atomic mass is 19.3. The zero-order chi connectivity index (χ0) is 25.6. The first-order valence-corrected chi connectivity index (χ1v) is 11.5. The summed E-state index contributed by atoms with van der Waals surface area (Å²) >= 11 is 0. The lowest BCUT2D eigenvalue weighted by Crippen LogP contribution is -2.47. The monoisotopic (exact) mass is 491 g/mol. The molecule has 2 aromatic carbocycles. The van der Waals surface area contributed by atoms with E-state index in [1.54, 1.807) is 41.3 Å². The van der Waals surface area contributed by atoms with Crippen LogP contribution in [0.3, 0.4) is 0 Å². The Balaban J connectivity index is 1.38. The largest absolute Gasteiger partial charge is 0.495 e. The van der Waals surface area contributed by atoms with Gasteiger partial charge in [0.05, 0.1) is 37.0 Å². The summed E-state index contributed by atoms with van der Waals surface area (Å²) in [6.07, 6.45) is 1.04. The molecule has 3 aromatic rings. The fraction of sp³-hybridized carbons (Fsp3) is 0.308. The standard InChI is InChI=1S/C26H23F2N5O3/c1-15-14-32-23(21(13-30-32)24(34)31-19-5-8-22(36-2)17(9-19)12-29)25(35)33(15)20-6-3-16(4-7-20)18-10-26(27,28)11-18/h3-9,13,15,18H,10-11,14H2,1-2H3,(H,31,34). The number of rotatable bonds is 5. The molecule has 0 radical (unpaired) electrons. The Morgan fingerprint density at radius 3 is 2.58 bits per heavy atom. The van der Waals surface area contributed by atoms with Crippen molar-refractivity contribution in [2.24, 2.45) is 0 Å². The van der Waals surface area contributed by atoms with Gasteiger partial charge in [-0.2, -0.15) is 10.4 Å². The molecule has 1 atom stereocenters. The van der Waals surface area contributed by atoms with Crippen molar-refractivity contribution in [2.45, 2.75) is 44.2 Å². The average Bonchev–Trinajstić information content (AvgIpc) is 3.27. The predicted octanol–water partition coefficient (Wildman–Crippen LogP) is 4.58. The molecule has 1 aromatic heterocycles. The van der Waals surface area contributed by atoms with Crippen LogP contribution >= 0.6 is 0 Å². The molecule has 10 heteroatoms. The SMILES string of the molecule is COc1ccc(NC(=O)c2cnn3c2C(=O)N(c2ccc(C4CC(F)(F)C4)cc2)C(C)C3)cc1C#N. The summed E-state index contributed by atoms with van der Waals surface area (Å²) in [4.78, 5) is 28.2. The minimum absolute atomic E-state index is 0.111. The maximum atomic E-state index is 13.5. The molecular formula is C26H23F2N5O3. The summed E-state index contributed by atoms with van der Waals surface area (Å²) in [6, 6.07) is 13.5. The number of halogens is 2. The first kappa shape index (κ1) is 23.5. The van der Waals surface area contributed by atoms with Gasteiger partial charge in [0, 0.05) is 24.2 Å². The van der Waals surface area contributed by atoms with Gasteiger partial charge in [-0.1, -0.05) is 12.1 Å². The number of aromatic nitrogens is 2. The number of benzene rings is 2. The molecule has 1 aliphatic heterocycles. The Morgan fingerprint density at radius 1 is 1.22 bits per heavy atom. The first-order chi connectivity index (χ1) is 17.2. The zero-order valence-corrected chi connectivity index (χ0v) is 19.7. The van der Waals surface area contributed by atoms with Crippen LogP contribution in [0, 0.1) is 11.3 Å². The van der Waals surface area contributed by atoms with E-state index in [-0.39, 0.29) is 47.5 Å².